The Labute approximate surface area is 158 Å². The molecule has 0 aliphatic heterocycles. The summed E-state index contributed by atoms with van der Waals surface area (Å²) in [6, 6.07) is 7.73. The van der Waals surface area contributed by atoms with Gasteiger partial charge in [0.15, 0.2) is 11.6 Å². The summed E-state index contributed by atoms with van der Waals surface area (Å²) in [5.74, 6) is 3.09. The van der Waals surface area contributed by atoms with E-state index in [2.05, 4.69) is 39.8 Å². The van der Waals surface area contributed by atoms with Crippen molar-refractivity contribution in [2.45, 2.75) is 33.1 Å². The lowest BCUT2D eigenvalue weighted by atomic mass is 10.1. The molecule has 0 unspecified atom stereocenters. The van der Waals surface area contributed by atoms with Crippen LogP contribution in [0.4, 0.5) is 5.82 Å². The molecule has 25 heavy (non-hydrogen) atoms. The molecule has 1 aromatic carbocycles. The number of benzene rings is 1. The van der Waals surface area contributed by atoms with Gasteiger partial charge < -0.3 is 18.9 Å². The van der Waals surface area contributed by atoms with Crippen molar-refractivity contribution in [1.29, 1.82) is 0 Å². The molecule has 1 heterocycles. The smallest absolute Gasteiger partial charge is 0.172 e. The first kappa shape index (κ1) is 19.6. The van der Waals surface area contributed by atoms with Gasteiger partial charge in [-0.2, -0.15) is 0 Å². The molecule has 0 bridgehead atoms. The van der Waals surface area contributed by atoms with Crippen LogP contribution in [-0.2, 0) is 0 Å². The number of methoxy groups -OCH3 is 1. The molecule has 0 saturated carbocycles. The number of anilines is 1. The molecule has 6 heteroatoms. The first-order valence-corrected chi connectivity index (χ1v) is 9.94. The van der Waals surface area contributed by atoms with E-state index < -0.39 is 0 Å². The molecule has 1 aromatic heterocycles. The molecule has 0 aliphatic carbocycles. The van der Waals surface area contributed by atoms with Gasteiger partial charge in [-0.1, -0.05) is 21.1 Å². The molecule has 0 fully saturated rings. The van der Waals surface area contributed by atoms with Gasteiger partial charge in [-0.05, 0) is 45.2 Å². The van der Waals surface area contributed by atoms with Crippen molar-refractivity contribution in [2.75, 3.05) is 37.0 Å². The number of rotatable bonds is 11. The second-order valence-electron chi connectivity index (χ2n) is 5.68. The van der Waals surface area contributed by atoms with Gasteiger partial charge in [0.25, 0.3) is 0 Å². The van der Waals surface area contributed by atoms with Crippen molar-refractivity contribution in [2.24, 2.45) is 0 Å². The van der Waals surface area contributed by atoms with Gasteiger partial charge in [-0.25, -0.2) is 0 Å². The molecule has 2 aromatic rings. The van der Waals surface area contributed by atoms with Crippen LogP contribution in [0.3, 0.4) is 0 Å². The number of hydrogen-bond donors (Lipinski definition) is 0. The van der Waals surface area contributed by atoms with E-state index in [0.717, 1.165) is 60.6 Å². The van der Waals surface area contributed by atoms with Gasteiger partial charge in [-0.3, -0.25) is 0 Å². The predicted molar refractivity (Wildman–Crippen MR) is 105 cm³/mol. The second kappa shape index (κ2) is 10.3. The number of hydrogen-bond acceptors (Lipinski definition) is 5. The number of aromatic nitrogens is 1. The number of alkyl halides is 1. The van der Waals surface area contributed by atoms with Gasteiger partial charge >= 0.3 is 0 Å². The van der Waals surface area contributed by atoms with Crippen LogP contribution in [0.1, 0.15) is 33.1 Å². The summed E-state index contributed by atoms with van der Waals surface area (Å²) in [4.78, 5) is 2.15. The van der Waals surface area contributed by atoms with E-state index in [1.165, 1.54) is 0 Å². The summed E-state index contributed by atoms with van der Waals surface area (Å²) in [7, 11) is 1.65. The summed E-state index contributed by atoms with van der Waals surface area (Å²) < 4.78 is 16.9. The molecule has 0 N–H and O–H groups in total. The van der Waals surface area contributed by atoms with Gasteiger partial charge in [0.1, 0.15) is 11.5 Å². The van der Waals surface area contributed by atoms with Crippen LogP contribution < -0.4 is 14.4 Å². The standard InChI is InChI=1S/C19H27BrN2O3/c1-4-22(5-2)19-14-18(25-21-19)16-10-9-15(23-3)13-17(16)24-12-8-6-7-11-20/h9-10,13-14H,4-8,11-12H2,1-3H3. The van der Waals surface area contributed by atoms with E-state index in [0.29, 0.717) is 12.4 Å². The number of nitrogens with zero attached hydrogens (tertiary/aromatic N) is 2. The van der Waals surface area contributed by atoms with E-state index in [-0.39, 0.29) is 0 Å². The summed E-state index contributed by atoms with van der Waals surface area (Å²) in [5.41, 5.74) is 0.896. The highest BCUT2D eigenvalue weighted by Gasteiger charge is 2.15. The fraction of sp³-hybridized carbons (Fsp3) is 0.526. The number of unbranched alkanes of at least 4 members (excludes halogenated alkanes) is 2. The Bertz CT molecular complexity index is 641. The summed E-state index contributed by atoms with van der Waals surface area (Å²) in [6.07, 6.45) is 3.31. The zero-order valence-electron chi connectivity index (χ0n) is 15.3. The van der Waals surface area contributed by atoms with E-state index in [1.807, 2.05) is 24.3 Å². The third-order valence-corrected chi connectivity index (χ3v) is 4.64. The maximum Gasteiger partial charge on any atom is 0.172 e. The molecule has 0 amide bonds. The van der Waals surface area contributed by atoms with Crippen LogP contribution in [0, 0.1) is 0 Å². The van der Waals surface area contributed by atoms with Gasteiger partial charge in [0.05, 0.1) is 19.3 Å². The van der Waals surface area contributed by atoms with Crippen molar-refractivity contribution in [3.8, 4) is 22.8 Å². The Morgan fingerprint density at radius 2 is 1.92 bits per heavy atom. The van der Waals surface area contributed by atoms with Crippen LogP contribution >= 0.6 is 15.9 Å². The normalized spacial score (nSPS) is 10.7. The first-order chi connectivity index (χ1) is 12.2. The molecular formula is C19H27BrN2O3. The van der Waals surface area contributed by atoms with Crippen molar-refractivity contribution in [3.63, 3.8) is 0 Å². The molecule has 0 aliphatic rings. The third-order valence-electron chi connectivity index (χ3n) is 4.07. The second-order valence-corrected chi connectivity index (χ2v) is 6.47. The maximum atomic E-state index is 6.01. The number of ether oxygens (including phenoxy) is 2. The zero-order valence-corrected chi connectivity index (χ0v) is 16.8. The zero-order chi connectivity index (χ0) is 18.1. The first-order valence-electron chi connectivity index (χ1n) is 8.82. The average Bonchev–Trinajstić information content (AvgIpc) is 3.12. The minimum absolute atomic E-state index is 0.671. The molecule has 138 valence electrons. The molecule has 0 radical (unpaired) electrons. The van der Waals surface area contributed by atoms with Gasteiger partial charge in [-0.15, -0.1) is 0 Å². The topological polar surface area (TPSA) is 47.7 Å². The Balaban J connectivity index is 2.18. The van der Waals surface area contributed by atoms with Crippen LogP contribution in [0.5, 0.6) is 11.5 Å². The van der Waals surface area contributed by atoms with Crippen molar-refractivity contribution >= 4 is 21.7 Å². The van der Waals surface area contributed by atoms with Crippen LogP contribution in [0.15, 0.2) is 28.8 Å². The van der Waals surface area contributed by atoms with E-state index >= 15 is 0 Å². The summed E-state index contributed by atoms with van der Waals surface area (Å²) >= 11 is 3.45. The van der Waals surface area contributed by atoms with Crippen molar-refractivity contribution < 1.29 is 14.0 Å². The maximum absolute atomic E-state index is 6.01. The lowest BCUT2D eigenvalue weighted by Gasteiger charge is -2.15. The summed E-state index contributed by atoms with van der Waals surface area (Å²) in [6.45, 7) is 6.66. The van der Waals surface area contributed by atoms with Gasteiger partial charge in [0.2, 0.25) is 0 Å². The Kier molecular flexibility index (Phi) is 8.12. The average molecular weight is 411 g/mol. The van der Waals surface area contributed by atoms with Crippen molar-refractivity contribution in [3.05, 3.63) is 24.3 Å². The van der Waals surface area contributed by atoms with Crippen LogP contribution in [-0.4, -0.2) is 37.3 Å². The molecule has 5 nitrogen and oxygen atoms in total. The van der Waals surface area contributed by atoms with E-state index in [1.54, 1.807) is 7.11 Å². The minimum atomic E-state index is 0.671. The molecule has 2 rings (SSSR count). The lowest BCUT2D eigenvalue weighted by Crippen LogP contribution is -2.21. The molecular weight excluding hydrogens is 384 g/mol. The van der Waals surface area contributed by atoms with Crippen LogP contribution in [0.2, 0.25) is 0 Å². The highest BCUT2D eigenvalue weighted by Crippen LogP contribution is 2.35. The fourth-order valence-electron chi connectivity index (χ4n) is 2.60. The quantitative estimate of drug-likeness (QED) is 0.379. The minimum Gasteiger partial charge on any atom is -0.497 e. The van der Waals surface area contributed by atoms with Crippen LogP contribution in [0.25, 0.3) is 11.3 Å². The molecule has 0 atom stereocenters. The van der Waals surface area contributed by atoms with E-state index in [4.69, 9.17) is 14.0 Å². The Morgan fingerprint density at radius 3 is 2.60 bits per heavy atom. The lowest BCUT2D eigenvalue weighted by molar-refractivity contribution is 0.304. The molecule has 0 saturated heterocycles. The highest BCUT2D eigenvalue weighted by atomic mass is 79.9. The third kappa shape index (κ3) is 5.39. The SMILES string of the molecule is CCN(CC)c1cc(-c2ccc(OC)cc2OCCCCCBr)on1. The fourth-order valence-corrected chi connectivity index (χ4v) is 2.99. The summed E-state index contributed by atoms with van der Waals surface area (Å²) in [5, 5.41) is 5.23. The van der Waals surface area contributed by atoms with Crippen molar-refractivity contribution in [1.82, 2.24) is 5.16 Å². The van der Waals surface area contributed by atoms with E-state index in [9.17, 15) is 0 Å². The Morgan fingerprint density at radius 1 is 1.12 bits per heavy atom. The largest absolute Gasteiger partial charge is 0.497 e. The predicted octanol–water partition coefficient (Wildman–Crippen LogP) is 5.14. The Hall–Kier alpha value is -1.69. The van der Waals surface area contributed by atoms with Gasteiger partial charge in [0, 0.05) is 30.6 Å². The number of halogens is 1. The monoisotopic (exact) mass is 410 g/mol. The highest BCUT2D eigenvalue weighted by molar-refractivity contribution is 9.09. The molecule has 0 spiro atoms.